The molecule has 1 aromatic heterocycles. The van der Waals surface area contributed by atoms with Gasteiger partial charge >= 0.3 is 0 Å². The molecule has 0 radical (unpaired) electrons. The van der Waals surface area contributed by atoms with Crippen molar-refractivity contribution in [2.24, 2.45) is 5.92 Å². The second-order valence-electron chi connectivity index (χ2n) is 3.58. The maximum absolute atomic E-state index is 6.00. The molecule has 1 nitrogen and oxygen atoms in total. The summed E-state index contributed by atoms with van der Waals surface area (Å²) in [6.07, 6.45) is 6.97. The first-order valence-corrected chi connectivity index (χ1v) is 6.24. The van der Waals surface area contributed by atoms with Crippen molar-refractivity contribution < 1.29 is 0 Å². The predicted molar refractivity (Wildman–Crippen MR) is 71.2 cm³/mol. The Hall–Kier alpha value is -0.0200. The van der Waals surface area contributed by atoms with Gasteiger partial charge in [0.1, 0.15) is 0 Å². The number of thiophene rings is 1. The van der Waals surface area contributed by atoms with E-state index in [1.165, 1.54) is 17.7 Å². The Balaban J connectivity index is 0.00000112. The maximum atomic E-state index is 6.00. The third-order valence-electron chi connectivity index (χ3n) is 2.55. The molecular formula is C11H15Cl2NS. The molecule has 0 spiro atoms. The van der Waals surface area contributed by atoms with Gasteiger partial charge in [-0.15, -0.1) is 23.7 Å². The maximum Gasteiger partial charge on any atom is 0.0586 e. The van der Waals surface area contributed by atoms with Crippen LogP contribution >= 0.6 is 35.3 Å². The molecule has 1 saturated heterocycles. The Kier molecular flexibility index (Phi) is 5.69. The lowest BCUT2D eigenvalue weighted by atomic mass is 9.98. The minimum atomic E-state index is 0. The summed E-state index contributed by atoms with van der Waals surface area (Å²) >= 11 is 7.71. The molecule has 0 saturated carbocycles. The highest BCUT2D eigenvalue weighted by molar-refractivity contribution is 7.11. The van der Waals surface area contributed by atoms with E-state index in [1.54, 1.807) is 11.3 Å². The highest BCUT2D eigenvalue weighted by Gasteiger charge is 2.09. The third kappa shape index (κ3) is 3.80. The molecule has 0 bridgehead atoms. The van der Waals surface area contributed by atoms with Crippen LogP contribution < -0.4 is 5.32 Å². The first kappa shape index (κ1) is 13.0. The molecule has 84 valence electrons. The number of hydrogen-bond acceptors (Lipinski definition) is 2. The van der Waals surface area contributed by atoms with Crippen molar-refractivity contribution in [2.75, 3.05) is 13.1 Å². The highest BCUT2D eigenvalue weighted by atomic mass is 35.5. The Bertz CT molecular complexity index is 316. The lowest BCUT2D eigenvalue weighted by molar-refractivity contribution is 0.438. The van der Waals surface area contributed by atoms with Crippen LogP contribution in [0.3, 0.4) is 0 Å². The number of hydrogen-bond donors (Lipinski definition) is 1. The topological polar surface area (TPSA) is 12.0 Å². The quantitative estimate of drug-likeness (QED) is 0.855. The molecule has 1 fully saturated rings. The Morgan fingerprint density at radius 2 is 2.13 bits per heavy atom. The zero-order valence-electron chi connectivity index (χ0n) is 8.41. The first-order valence-electron chi connectivity index (χ1n) is 4.98. The van der Waals surface area contributed by atoms with Crippen molar-refractivity contribution >= 4 is 41.4 Å². The first-order chi connectivity index (χ1) is 6.86. The van der Waals surface area contributed by atoms with Crippen molar-refractivity contribution in [1.29, 1.82) is 0 Å². The molecule has 0 amide bonds. The van der Waals surface area contributed by atoms with Gasteiger partial charge in [0, 0.05) is 4.88 Å². The second kappa shape index (κ2) is 6.54. The van der Waals surface area contributed by atoms with Crippen molar-refractivity contribution in [3.05, 3.63) is 27.4 Å². The molecule has 15 heavy (non-hydrogen) atoms. The minimum absolute atomic E-state index is 0. The third-order valence-corrected chi connectivity index (χ3v) is 3.87. The second-order valence-corrected chi connectivity index (χ2v) is 4.93. The van der Waals surface area contributed by atoms with Crippen molar-refractivity contribution in [2.45, 2.75) is 12.8 Å². The van der Waals surface area contributed by atoms with Crippen molar-refractivity contribution in [3.63, 3.8) is 0 Å². The number of piperidine rings is 1. The molecule has 4 heteroatoms. The van der Waals surface area contributed by atoms with E-state index in [1.807, 2.05) is 11.4 Å². The van der Waals surface area contributed by atoms with Crippen LogP contribution in [0.1, 0.15) is 17.7 Å². The van der Waals surface area contributed by atoms with Crippen molar-refractivity contribution in [1.82, 2.24) is 5.32 Å². The smallest absolute Gasteiger partial charge is 0.0586 e. The van der Waals surface area contributed by atoms with E-state index in [0.29, 0.717) is 0 Å². The lowest BCUT2D eigenvalue weighted by Gasteiger charge is -2.18. The van der Waals surface area contributed by atoms with E-state index >= 15 is 0 Å². The molecule has 2 rings (SSSR count). The Morgan fingerprint density at radius 3 is 2.73 bits per heavy atom. The van der Waals surface area contributed by atoms with E-state index in [2.05, 4.69) is 17.5 Å². The predicted octanol–water partition coefficient (Wildman–Crippen LogP) is 3.84. The molecule has 1 aliphatic rings. The van der Waals surface area contributed by atoms with E-state index in [9.17, 15) is 0 Å². The zero-order chi connectivity index (χ0) is 9.80. The van der Waals surface area contributed by atoms with Crippen LogP contribution in [-0.2, 0) is 0 Å². The fourth-order valence-corrected chi connectivity index (χ4v) is 2.71. The number of halogens is 2. The molecule has 0 atom stereocenters. The highest BCUT2D eigenvalue weighted by Crippen LogP contribution is 2.25. The van der Waals surface area contributed by atoms with Crippen LogP contribution in [0.25, 0.3) is 6.08 Å². The molecule has 1 N–H and O–H groups in total. The van der Waals surface area contributed by atoms with Gasteiger partial charge in [-0.25, -0.2) is 0 Å². The van der Waals surface area contributed by atoms with E-state index in [-0.39, 0.29) is 12.4 Å². The lowest BCUT2D eigenvalue weighted by Crippen LogP contribution is -2.26. The SMILES string of the molecule is Cl.Clc1ccsc1/C=C/C1CCNCC1. The monoisotopic (exact) mass is 263 g/mol. The van der Waals surface area contributed by atoms with Gasteiger partial charge in [0.15, 0.2) is 0 Å². The molecule has 1 aliphatic heterocycles. The van der Waals surface area contributed by atoms with Gasteiger partial charge < -0.3 is 5.32 Å². The van der Waals surface area contributed by atoms with Gasteiger partial charge in [-0.2, -0.15) is 0 Å². The average molecular weight is 264 g/mol. The van der Waals surface area contributed by atoms with Crippen molar-refractivity contribution in [3.8, 4) is 0 Å². The van der Waals surface area contributed by atoms with Crippen LogP contribution in [0.5, 0.6) is 0 Å². The van der Waals surface area contributed by atoms with Crippen LogP contribution in [-0.4, -0.2) is 13.1 Å². The van der Waals surface area contributed by atoms with Crippen LogP contribution in [0, 0.1) is 5.92 Å². The number of allylic oxidation sites excluding steroid dienone is 1. The summed E-state index contributed by atoms with van der Waals surface area (Å²) in [7, 11) is 0. The fraction of sp³-hybridized carbons (Fsp3) is 0.455. The molecule has 1 aromatic rings. The summed E-state index contributed by atoms with van der Waals surface area (Å²) in [6.45, 7) is 2.29. The summed E-state index contributed by atoms with van der Waals surface area (Å²) in [5.41, 5.74) is 0. The summed E-state index contributed by atoms with van der Waals surface area (Å²) in [6, 6.07) is 1.95. The molecular weight excluding hydrogens is 249 g/mol. The fourth-order valence-electron chi connectivity index (χ4n) is 1.68. The zero-order valence-corrected chi connectivity index (χ0v) is 10.8. The van der Waals surface area contributed by atoms with E-state index < -0.39 is 0 Å². The van der Waals surface area contributed by atoms with E-state index in [4.69, 9.17) is 11.6 Å². The average Bonchev–Trinajstić information content (AvgIpc) is 2.63. The molecule has 0 aliphatic carbocycles. The van der Waals surface area contributed by atoms with Crippen LogP contribution in [0.2, 0.25) is 5.02 Å². The number of rotatable bonds is 2. The summed E-state index contributed by atoms with van der Waals surface area (Å²) in [4.78, 5) is 1.19. The standard InChI is InChI=1S/C11H14ClNS.ClH/c12-10-5-8-14-11(10)2-1-9-3-6-13-7-4-9;/h1-2,5,8-9,13H,3-4,6-7H2;1H/b2-1+;. The van der Waals surface area contributed by atoms with Gasteiger partial charge in [-0.3, -0.25) is 0 Å². The van der Waals surface area contributed by atoms with Gasteiger partial charge in [0.25, 0.3) is 0 Å². The van der Waals surface area contributed by atoms with Gasteiger partial charge in [-0.05, 0) is 49.4 Å². The largest absolute Gasteiger partial charge is 0.317 e. The Labute approximate surface area is 106 Å². The summed E-state index contributed by atoms with van der Waals surface area (Å²) < 4.78 is 0. The van der Waals surface area contributed by atoms with Crippen LogP contribution in [0.15, 0.2) is 17.5 Å². The van der Waals surface area contributed by atoms with Crippen LogP contribution in [0.4, 0.5) is 0 Å². The Morgan fingerprint density at radius 1 is 1.40 bits per heavy atom. The molecule has 0 unspecified atom stereocenters. The molecule has 2 heterocycles. The summed E-state index contributed by atoms with van der Waals surface area (Å²) in [5, 5.41) is 6.27. The normalized spacial score (nSPS) is 17.9. The van der Waals surface area contributed by atoms with Gasteiger partial charge in [0.05, 0.1) is 5.02 Å². The summed E-state index contributed by atoms with van der Waals surface area (Å²) in [5.74, 6) is 0.731. The van der Waals surface area contributed by atoms with Gasteiger partial charge in [-0.1, -0.05) is 17.7 Å². The minimum Gasteiger partial charge on any atom is -0.317 e. The van der Waals surface area contributed by atoms with Gasteiger partial charge in [0.2, 0.25) is 0 Å². The number of nitrogens with one attached hydrogen (secondary N) is 1. The molecule has 0 aromatic carbocycles. The van der Waals surface area contributed by atoms with E-state index in [0.717, 1.165) is 24.0 Å².